The Labute approximate surface area is 99.8 Å². The highest BCUT2D eigenvalue weighted by atomic mass is 79.9. The van der Waals surface area contributed by atoms with Crippen LogP contribution in [-0.2, 0) is 0 Å². The van der Waals surface area contributed by atoms with Crippen LogP contribution in [0.5, 0.6) is 0 Å². The third kappa shape index (κ3) is 3.93. The van der Waals surface area contributed by atoms with Crippen LogP contribution in [0.3, 0.4) is 0 Å². The second kappa shape index (κ2) is 6.26. The maximum absolute atomic E-state index is 9.45. The van der Waals surface area contributed by atoms with E-state index in [-0.39, 0.29) is 12.1 Å². The second-order valence-corrected chi connectivity index (χ2v) is 4.57. The van der Waals surface area contributed by atoms with Gasteiger partial charge in [-0.3, -0.25) is 0 Å². The Morgan fingerprint density at radius 2 is 2.07 bits per heavy atom. The van der Waals surface area contributed by atoms with E-state index >= 15 is 0 Å². The lowest BCUT2D eigenvalue weighted by Gasteiger charge is -2.17. The molecule has 84 valence electrons. The zero-order valence-electron chi connectivity index (χ0n) is 9.20. The van der Waals surface area contributed by atoms with Gasteiger partial charge < -0.3 is 10.4 Å². The van der Waals surface area contributed by atoms with Crippen LogP contribution in [-0.4, -0.2) is 17.8 Å². The lowest BCUT2D eigenvalue weighted by molar-refractivity contribution is 0.163. The average molecular weight is 272 g/mol. The molecule has 0 saturated carbocycles. The largest absolute Gasteiger partial charge is 0.392 e. The third-order valence-electron chi connectivity index (χ3n) is 2.50. The van der Waals surface area contributed by atoms with Crippen molar-refractivity contribution in [2.75, 3.05) is 6.54 Å². The number of aliphatic hydroxyl groups is 1. The van der Waals surface area contributed by atoms with Crippen molar-refractivity contribution >= 4 is 15.9 Å². The van der Waals surface area contributed by atoms with Gasteiger partial charge in [-0.1, -0.05) is 41.1 Å². The molecule has 0 aliphatic rings. The quantitative estimate of drug-likeness (QED) is 0.863. The first-order valence-electron chi connectivity index (χ1n) is 5.31. The van der Waals surface area contributed by atoms with Crippen molar-refractivity contribution in [2.24, 2.45) is 0 Å². The van der Waals surface area contributed by atoms with Crippen LogP contribution < -0.4 is 5.32 Å². The maximum atomic E-state index is 9.45. The van der Waals surface area contributed by atoms with Gasteiger partial charge in [-0.15, -0.1) is 0 Å². The number of halogens is 1. The highest BCUT2D eigenvalue weighted by molar-refractivity contribution is 9.10. The Balaban J connectivity index is 2.54. The number of nitrogens with one attached hydrogen (secondary N) is 1. The van der Waals surface area contributed by atoms with Crippen LogP contribution in [0.2, 0.25) is 0 Å². The summed E-state index contributed by atoms with van der Waals surface area (Å²) in [6.45, 7) is 4.72. The Kier molecular flexibility index (Phi) is 5.29. The first-order valence-corrected chi connectivity index (χ1v) is 6.10. The molecule has 0 radical (unpaired) electrons. The van der Waals surface area contributed by atoms with Gasteiger partial charge in [-0.05, 0) is 25.0 Å². The molecule has 0 spiro atoms. The van der Waals surface area contributed by atoms with E-state index in [0.717, 1.165) is 10.9 Å². The predicted molar refractivity (Wildman–Crippen MR) is 66.9 cm³/mol. The normalized spacial score (nSPS) is 14.9. The molecule has 2 atom stereocenters. The van der Waals surface area contributed by atoms with Gasteiger partial charge in [0.25, 0.3) is 0 Å². The van der Waals surface area contributed by atoms with E-state index in [0.29, 0.717) is 6.54 Å². The molecule has 1 aromatic carbocycles. The molecule has 2 nitrogen and oxygen atoms in total. The molecule has 1 unspecified atom stereocenters. The van der Waals surface area contributed by atoms with Gasteiger partial charge >= 0.3 is 0 Å². The van der Waals surface area contributed by atoms with Crippen molar-refractivity contribution in [3.8, 4) is 0 Å². The van der Waals surface area contributed by atoms with Crippen LogP contribution in [0.1, 0.15) is 31.9 Å². The number of hydrogen-bond donors (Lipinski definition) is 2. The molecule has 15 heavy (non-hydrogen) atoms. The fourth-order valence-electron chi connectivity index (χ4n) is 1.39. The zero-order valence-corrected chi connectivity index (χ0v) is 10.8. The summed E-state index contributed by atoms with van der Waals surface area (Å²) in [6.07, 6.45) is 0.533. The minimum atomic E-state index is -0.255. The van der Waals surface area contributed by atoms with E-state index in [4.69, 9.17) is 0 Å². The molecule has 0 bridgehead atoms. The van der Waals surface area contributed by atoms with E-state index in [1.807, 2.05) is 25.1 Å². The van der Waals surface area contributed by atoms with Gasteiger partial charge in [0.1, 0.15) is 0 Å². The van der Waals surface area contributed by atoms with E-state index in [2.05, 4.69) is 34.2 Å². The number of aliphatic hydroxyl groups excluding tert-OH is 1. The molecule has 0 aromatic heterocycles. The van der Waals surface area contributed by atoms with Crippen molar-refractivity contribution in [2.45, 2.75) is 32.4 Å². The summed E-state index contributed by atoms with van der Waals surface area (Å²) in [5.41, 5.74) is 1.22. The molecular weight excluding hydrogens is 254 g/mol. The summed E-state index contributed by atoms with van der Waals surface area (Å²) in [5, 5.41) is 12.8. The topological polar surface area (TPSA) is 32.3 Å². The fourth-order valence-corrected chi connectivity index (χ4v) is 2.02. The van der Waals surface area contributed by atoms with Gasteiger partial charge in [0.15, 0.2) is 0 Å². The Bertz CT molecular complexity index is 303. The molecule has 0 heterocycles. The van der Waals surface area contributed by atoms with Crippen LogP contribution in [0.25, 0.3) is 0 Å². The van der Waals surface area contributed by atoms with Gasteiger partial charge in [0, 0.05) is 17.1 Å². The summed E-state index contributed by atoms with van der Waals surface area (Å²) in [7, 11) is 0. The molecule has 3 heteroatoms. The van der Waals surface area contributed by atoms with E-state index < -0.39 is 0 Å². The van der Waals surface area contributed by atoms with Gasteiger partial charge in [0.05, 0.1) is 6.10 Å². The Morgan fingerprint density at radius 3 is 2.67 bits per heavy atom. The van der Waals surface area contributed by atoms with Crippen LogP contribution >= 0.6 is 15.9 Å². The number of benzene rings is 1. The highest BCUT2D eigenvalue weighted by Gasteiger charge is 2.09. The van der Waals surface area contributed by atoms with Crippen molar-refractivity contribution in [3.63, 3.8) is 0 Å². The molecule has 0 saturated heterocycles. The summed E-state index contributed by atoms with van der Waals surface area (Å²) in [6, 6.07) is 8.39. The summed E-state index contributed by atoms with van der Waals surface area (Å²) in [5.74, 6) is 0. The first kappa shape index (κ1) is 12.7. The SMILES string of the molecule is CCC(O)CN[C@@H](C)c1ccccc1Br. The standard InChI is InChI=1S/C12H18BrNO/c1-3-10(15)8-14-9(2)11-6-4-5-7-12(11)13/h4-7,9-10,14-15H,3,8H2,1-2H3/t9-,10?/m0/s1. The average Bonchev–Trinajstić information content (AvgIpc) is 2.26. The summed E-state index contributed by atoms with van der Waals surface area (Å²) < 4.78 is 1.11. The molecule has 2 N–H and O–H groups in total. The Hall–Kier alpha value is -0.380. The second-order valence-electron chi connectivity index (χ2n) is 3.71. The van der Waals surface area contributed by atoms with E-state index in [1.54, 1.807) is 0 Å². The molecule has 1 rings (SSSR count). The minimum Gasteiger partial charge on any atom is -0.392 e. The van der Waals surface area contributed by atoms with Gasteiger partial charge in [-0.2, -0.15) is 0 Å². The molecule has 0 aliphatic carbocycles. The summed E-state index contributed by atoms with van der Waals surface area (Å²) >= 11 is 3.52. The Morgan fingerprint density at radius 1 is 1.40 bits per heavy atom. The molecule has 0 amide bonds. The van der Waals surface area contributed by atoms with Crippen LogP contribution in [0, 0.1) is 0 Å². The fraction of sp³-hybridized carbons (Fsp3) is 0.500. The zero-order chi connectivity index (χ0) is 11.3. The minimum absolute atomic E-state index is 0.252. The van der Waals surface area contributed by atoms with Crippen molar-refractivity contribution < 1.29 is 5.11 Å². The smallest absolute Gasteiger partial charge is 0.0662 e. The van der Waals surface area contributed by atoms with Gasteiger partial charge in [-0.25, -0.2) is 0 Å². The van der Waals surface area contributed by atoms with Crippen molar-refractivity contribution in [1.82, 2.24) is 5.32 Å². The van der Waals surface area contributed by atoms with E-state index in [9.17, 15) is 5.11 Å². The van der Waals surface area contributed by atoms with Crippen LogP contribution in [0.4, 0.5) is 0 Å². The first-order chi connectivity index (χ1) is 7.15. The lowest BCUT2D eigenvalue weighted by atomic mass is 10.1. The molecule has 1 aromatic rings. The molecule has 0 aliphatic heterocycles. The number of hydrogen-bond acceptors (Lipinski definition) is 2. The molecular formula is C12H18BrNO. The van der Waals surface area contributed by atoms with Crippen LogP contribution in [0.15, 0.2) is 28.7 Å². The lowest BCUT2D eigenvalue weighted by Crippen LogP contribution is -2.28. The number of rotatable bonds is 5. The molecule has 0 fully saturated rings. The van der Waals surface area contributed by atoms with Crippen molar-refractivity contribution in [1.29, 1.82) is 0 Å². The van der Waals surface area contributed by atoms with Gasteiger partial charge in [0.2, 0.25) is 0 Å². The maximum Gasteiger partial charge on any atom is 0.0662 e. The summed E-state index contributed by atoms with van der Waals surface area (Å²) in [4.78, 5) is 0. The highest BCUT2D eigenvalue weighted by Crippen LogP contribution is 2.22. The predicted octanol–water partition coefficient (Wildman–Crippen LogP) is 2.87. The monoisotopic (exact) mass is 271 g/mol. The third-order valence-corrected chi connectivity index (χ3v) is 3.22. The van der Waals surface area contributed by atoms with Crippen molar-refractivity contribution in [3.05, 3.63) is 34.3 Å². The van der Waals surface area contributed by atoms with E-state index in [1.165, 1.54) is 5.56 Å².